The monoisotopic (exact) mass is 347 g/mol. The first-order chi connectivity index (χ1) is 12.8. The van der Waals surface area contributed by atoms with Crippen LogP contribution in [0.3, 0.4) is 0 Å². The van der Waals surface area contributed by atoms with Gasteiger partial charge in [-0.2, -0.15) is 0 Å². The Balaban J connectivity index is 1.45. The zero-order valence-corrected chi connectivity index (χ0v) is 14.9. The number of aryl methyl sites for hydroxylation is 1. The van der Waals surface area contributed by atoms with Crippen molar-refractivity contribution in [3.05, 3.63) is 83.9 Å². The molecular weight excluding hydrogens is 322 g/mol. The predicted molar refractivity (Wildman–Crippen MR) is 107 cm³/mol. The van der Waals surface area contributed by atoms with E-state index in [-0.39, 0.29) is 6.61 Å². The maximum atomic E-state index is 9.03. The van der Waals surface area contributed by atoms with Gasteiger partial charge in [-0.05, 0) is 54.2 Å². The number of hydrogen-bond acceptors (Lipinski definition) is 3. The summed E-state index contributed by atoms with van der Waals surface area (Å²) >= 11 is 0. The molecule has 3 rings (SSSR count). The molecule has 0 bridgehead atoms. The van der Waals surface area contributed by atoms with Gasteiger partial charge in [0.15, 0.2) is 0 Å². The number of benzene rings is 3. The number of rotatable bonds is 8. The van der Waals surface area contributed by atoms with Gasteiger partial charge in [0, 0.05) is 11.3 Å². The summed E-state index contributed by atoms with van der Waals surface area (Å²) in [6.07, 6.45) is 3.03. The number of unbranched alkanes of at least 4 members (excludes halogenated alkanes) is 1. The highest BCUT2D eigenvalue weighted by Gasteiger charge is 2.04. The molecule has 0 aliphatic rings. The van der Waals surface area contributed by atoms with Gasteiger partial charge < -0.3 is 15.6 Å². The fourth-order valence-corrected chi connectivity index (χ4v) is 2.96. The van der Waals surface area contributed by atoms with Crippen LogP contribution in [0.15, 0.2) is 72.8 Å². The number of ether oxygens (including phenoxy) is 1. The highest BCUT2D eigenvalue weighted by molar-refractivity contribution is 5.76. The van der Waals surface area contributed by atoms with Gasteiger partial charge in [-0.1, -0.05) is 54.6 Å². The molecule has 0 saturated heterocycles. The number of nitrogens with two attached hydrogens (primary N) is 1. The topological polar surface area (TPSA) is 55.5 Å². The van der Waals surface area contributed by atoms with Crippen molar-refractivity contribution in [2.24, 2.45) is 0 Å². The molecule has 3 nitrogen and oxygen atoms in total. The molecule has 0 atom stereocenters. The van der Waals surface area contributed by atoms with Crippen LogP contribution in [0.1, 0.15) is 24.0 Å². The molecule has 0 saturated carbocycles. The molecule has 3 aromatic carbocycles. The molecule has 0 radical (unpaired) electrons. The van der Waals surface area contributed by atoms with Crippen LogP contribution in [0.4, 0.5) is 5.69 Å². The third kappa shape index (κ3) is 4.87. The van der Waals surface area contributed by atoms with Crippen molar-refractivity contribution in [1.82, 2.24) is 0 Å². The Morgan fingerprint density at radius 1 is 0.808 bits per heavy atom. The molecule has 0 unspecified atom stereocenters. The molecule has 0 aliphatic carbocycles. The second-order valence-corrected chi connectivity index (χ2v) is 6.40. The van der Waals surface area contributed by atoms with E-state index >= 15 is 0 Å². The van der Waals surface area contributed by atoms with E-state index in [1.165, 1.54) is 5.56 Å². The SMILES string of the molecule is Nc1cc(CCCCOc2ccc(CO)cc2)ccc1-c1ccccc1. The smallest absolute Gasteiger partial charge is 0.119 e. The highest BCUT2D eigenvalue weighted by Crippen LogP contribution is 2.27. The van der Waals surface area contributed by atoms with E-state index in [0.717, 1.165) is 47.4 Å². The third-order valence-electron chi connectivity index (χ3n) is 4.44. The Morgan fingerprint density at radius 3 is 2.23 bits per heavy atom. The average molecular weight is 347 g/mol. The molecule has 0 aromatic heterocycles. The van der Waals surface area contributed by atoms with E-state index in [1.807, 2.05) is 42.5 Å². The zero-order chi connectivity index (χ0) is 18.2. The van der Waals surface area contributed by atoms with E-state index in [9.17, 15) is 0 Å². The minimum absolute atomic E-state index is 0.0620. The molecular formula is C23H25NO2. The minimum Gasteiger partial charge on any atom is -0.494 e. The zero-order valence-electron chi connectivity index (χ0n) is 14.9. The molecule has 0 aliphatic heterocycles. The van der Waals surface area contributed by atoms with Gasteiger partial charge in [0.1, 0.15) is 5.75 Å². The fourth-order valence-electron chi connectivity index (χ4n) is 2.96. The number of hydrogen-bond donors (Lipinski definition) is 2. The first kappa shape index (κ1) is 18.0. The van der Waals surface area contributed by atoms with Gasteiger partial charge in [0.2, 0.25) is 0 Å². The standard InChI is InChI=1S/C23H25NO2/c24-23-16-18(11-14-22(23)20-7-2-1-3-8-20)6-4-5-15-26-21-12-9-19(17-25)10-13-21/h1-3,7-14,16,25H,4-6,15,17,24H2. The van der Waals surface area contributed by atoms with Crippen LogP contribution in [0.25, 0.3) is 11.1 Å². The largest absolute Gasteiger partial charge is 0.494 e. The van der Waals surface area contributed by atoms with E-state index in [2.05, 4.69) is 30.3 Å². The molecule has 0 spiro atoms. The van der Waals surface area contributed by atoms with Crippen LogP contribution in [0.5, 0.6) is 5.75 Å². The lowest BCUT2D eigenvalue weighted by atomic mass is 10.00. The lowest BCUT2D eigenvalue weighted by Gasteiger charge is -2.09. The van der Waals surface area contributed by atoms with Crippen molar-refractivity contribution in [2.45, 2.75) is 25.9 Å². The van der Waals surface area contributed by atoms with Crippen molar-refractivity contribution in [3.63, 3.8) is 0 Å². The number of anilines is 1. The molecule has 0 heterocycles. The van der Waals surface area contributed by atoms with Crippen LogP contribution in [0.2, 0.25) is 0 Å². The number of nitrogen functional groups attached to an aromatic ring is 1. The first-order valence-electron chi connectivity index (χ1n) is 9.02. The van der Waals surface area contributed by atoms with E-state index in [0.29, 0.717) is 6.61 Å². The molecule has 3 heteroatoms. The number of aliphatic hydroxyl groups is 1. The summed E-state index contributed by atoms with van der Waals surface area (Å²) < 4.78 is 5.74. The summed E-state index contributed by atoms with van der Waals surface area (Å²) in [4.78, 5) is 0. The minimum atomic E-state index is 0.0620. The molecule has 134 valence electrons. The maximum Gasteiger partial charge on any atom is 0.119 e. The lowest BCUT2D eigenvalue weighted by Crippen LogP contribution is -1.99. The Bertz CT molecular complexity index is 813. The summed E-state index contributed by atoms with van der Waals surface area (Å²) in [6, 6.07) is 24.1. The van der Waals surface area contributed by atoms with Gasteiger partial charge in [0.05, 0.1) is 13.2 Å². The summed E-state index contributed by atoms with van der Waals surface area (Å²) in [6.45, 7) is 0.753. The quantitative estimate of drug-likeness (QED) is 0.453. The van der Waals surface area contributed by atoms with Gasteiger partial charge in [-0.15, -0.1) is 0 Å². The average Bonchev–Trinajstić information content (AvgIpc) is 2.69. The van der Waals surface area contributed by atoms with Crippen molar-refractivity contribution < 1.29 is 9.84 Å². The van der Waals surface area contributed by atoms with E-state index in [1.54, 1.807) is 0 Å². The second-order valence-electron chi connectivity index (χ2n) is 6.40. The Kier molecular flexibility index (Phi) is 6.29. The Hall–Kier alpha value is -2.78. The van der Waals surface area contributed by atoms with Crippen molar-refractivity contribution in [3.8, 4) is 16.9 Å². The Labute approximate surface area is 155 Å². The molecule has 3 N–H and O–H groups in total. The van der Waals surface area contributed by atoms with Gasteiger partial charge in [0.25, 0.3) is 0 Å². The fraction of sp³-hybridized carbons (Fsp3) is 0.217. The van der Waals surface area contributed by atoms with Crippen LogP contribution < -0.4 is 10.5 Å². The maximum absolute atomic E-state index is 9.03. The normalized spacial score (nSPS) is 10.7. The summed E-state index contributed by atoms with van der Waals surface area (Å²) in [5.74, 6) is 0.846. The van der Waals surface area contributed by atoms with Gasteiger partial charge in [-0.25, -0.2) is 0 Å². The highest BCUT2D eigenvalue weighted by atomic mass is 16.5. The molecule has 0 amide bonds. The van der Waals surface area contributed by atoms with Crippen molar-refractivity contribution >= 4 is 5.69 Å². The molecule has 0 fully saturated rings. The van der Waals surface area contributed by atoms with Crippen molar-refractivity contribution in [1.29, 1.82) is 0 Å². The number of aliphatic hydroxyl groups excluding tert-OH is 1. The molecule has 3 aromatic rings. The summed E-state index contributed by atoms with van der Waals surface area (Å²) in [5, 5.41) is 9.03. The van der Waals surface area contributed by atoms with Crippen LogP contribution in [-0.2, 0) is 13.0 Å². The second kappa shape index (κ2) is 9.07. The molecule has 26 heavy (non-hydrogen) atoms. The van der Waals surface area contributed by atoms with Gasteiger partial charge >= 0.3 is 0 Å². The van der Waals surface area contributed by atoms with E-state index in [4.69, 9.17) is 15.6 Å². The van der Waals surface area contributed by atoms with Crippen LogP contribution in [-0.4, -0.2) is 11.7 Å². The predicted octanol–water partition coefficient (Wildman–Crippen LogP) is 4.83. The summed E-state index contributed by atoms with van der Waals surface area (Å²) in [7, 11) is 0. The van der Waals surface area contributed by atoms with Crippen molar-refractivity contribution in [2.75, 3.05) is 12.3 Å². The van der Waals surface area contributed by atoms with E-state index < -0.39 is 0 Å². The third-order valence-corrected chi connectivity index (χ3v) is 4.44. The summed E-state index contributed by atoms with van der Waals surface area (Å²) in [5.41, 5.74) is 11.5. The van der Waals surface area contributed by atoms with Crippen LogP contribution in [0, 0.1) is 0 Å². The van der Waals surface area contributed by atoms with Gasteiger partial charge in [-0.3, -0.25) is 0 Å². The van der Waals surface area contributed by atoms with Crippen LogP contribution >= 0.6 is 0 Å². The lowest BCUT2D eigenvalue weighted by molar-refractivity contribution is 0.281. The Morgan fingerprint density at radius 2 is 1.54 bits per heavy atom. The first-order valence-corrected chi connectivity index (χ1v) is 9.02.